The van der Waals surface area contributed by atoms with Gasteiger partial charge in [0.2, 0.25) is 5.91 Å². The summed E-state index contributed by atoms with van der Waals surface area (Å²) < 4.78 is 5.18. The smallest absolute Gasteiger partial charge is 0.329 e. The summed E-state index contributed by atoms with van der Waals surface area (Å²) >= 11 is 0. The van der Waals surface area contributed by atoms with Crippen molar-refractivity contribution >= 4 is 41.0 Å². The number of anilines is 2. The minimum Gasteiger partial charge on any atom is -0.454 e. The summed E-state index contributed by atoms with van der Waals surface area (Å²) in [4.78, 5) is 65.0. The van der Waals surface area contributed by atoms with Crippen molar-refractivity contribution in [3.63, 3.8) is 0 Å². The van der Waals surface area contributed by atoms with Crippen LogP contribution in [0.3, 0.4) is 0 Å². The van der Waals surface area contributed by atoms with Crippen molar-refractivity contribution in [2.24, 2.45) is 0 Å². The molecule has 0 unspecified atom stereocenters. The van der Waals surface area contributed by atoms with E-state index in [0.29, 0.717) is 11.4 Å². The molecule has 164 valence electrons. The minimum atomic E-state index is -1.20. The molecule has 0 aliphatic carbocycles. The second-order valence-corrected chi connectivity index (χ2v) is 7.69. The quantitative estimate of drug-likeness (QED) is 0.580. The van der Waals surface area contributed by atoms with Crippen LogP contribution in [0.5, 0.6) is 0 Å². The lowest BCUT2D eigenvalue weighted by atomic mass is 10.1. The molecule has 2 aliphatic rings. The summed E-state index contributed by atoms with van der Waals surface area (Å²) in [6.45, 7) is 2.50. The molecule has 0 bridgehead atoms. The zero-order valence-corrected chi connectivity index (χ0v) is 17.5. The van der Waals surface area contributed by atoms with E-state index in [9.17, 15) is 24.0 Å². The lowest BCUT2D eigenvalue weighted by Gasteiger charge is -2.28. The van der Waals surface area contributed by atoms with Crippen LogP contribution in [0.25, 0.3) is 0 Å². The van der Waals surface area contributed by atoms with E-state index in [-0.39, 0.29) is 23.5 Å². The molecule has 1 N–H and O–H groups in total. The summed E-state index contributed by atoms with van der Waals surface area (Å²) in [5.74, 6) is -2.79. The van der Waals surface area contributed by atoms with Crippen LogP contribution in [0, 0.1) is 0 Å². The number of esters is 1. The van der Waals surface area contributed by atoms with Gasteiger partial charge in [-0.2, -0.15) is 0 Å². The van der Waals surface area contributed by atoms with E-state index in [1.807, 2.05) is 0 Å². The third-order valence-electron chi connectivity index (χ3n) is 5.52. The molecule has 2 atom stereocenters. The second kappa shape index (κ2) is 8.26. The number of hydrogen-bond acceptors (Lipinski definition) is 6. The van der Waals surface area contributed by atoms with Gasteiger partial charge in [0.1, 0.15) is 6.04 Å². The first kappa shape index (κ1) is 21.2. The summed E-state index contributed by atoms with van der Waals surface area (Å²) in [7, 11) is 0. The summed E-state index contributed by atoms with van der Waals surface area (Å²) in [6, 6.07) is 11.5. The molecule has 0 aromatic heterocycles. The normalized spacial score (nSPS) is 18.4. The highest BCUT2D eigenvalue weighted by Crippen LogP contribution is 2.31. The van der Waals surface area contributed by atoms with E-state index < -0.39 is 42.4 Å². The van der Waals surface area contributed by atoms with Crippen LogP contribution in [0.2, 0.25) is 0 Å². The van der Waals surface area contributed by atoms with Crippen LogP contribution >= 0.6 is 0 Å². The average molecular weight is 435 g/mol. The van der Waals surface area contributed by atoms with Crippen molar-refractivity contribution in [2.75, 3.05) is 16.8 Å². The first-order chi connectivity index (χ1) is 15.3. The number of amides is 4. The highest BCUT2D eigenvalue weighted by Gasteiger charge is 2.41. The molecule has 4 rings (SSSR count). The van der Waals surface area contributed by atoms with Crippen molar-refractivity contribution in [3.05, 3.63) is 59.7 Å². The lowest BCUT2D eigenvalue weighted by Crippen LogP contribution is -2.46. The summed E-state index contributed by atoms with van der Waals surface area (Å²) in [5, 5.41) is 2.75. The van der Waals surface area contributed by atoms with Gasteiger partial charge in [0.15, 0.2) is 6.61 Å². The third-order valence-corrected chi connectivity index (χ3v) is 5.52. The van der Waals surface area contributed by atoms with Crippen LogP contribution in [0.15, 0.2) is 48.5 Å². The number of benzene rings is 2. The molecule has 0 radical (unpaired) electrons. The topological polar surface area (TPSA) is 113 Å². The van der Waals surface area contributed by atoms with Crippen LogP contribution in [-0.2, 0) is 19.1 Å². The molecule has 2 aliphatic heterocycles. The number of hydrogen-bond donors (Lipinski definition) is 1. The Labute approximate surface area is 183 Å². The third kappa shape index (κ3) is 3.62. The van der Waals surface area contributed by atoms with Crippen molar-refractivity contribution < 1.29 is 28.7 Å². The van der Waals surface area contributed by atoms with Gasteiger partial charge in [0.05, 0.1) is 22.5 Å². The number of imide groups is 1. The molecular weight excluding hydrogens is 414 g/mol. The first-order valence-corrected chi connectivity index (χ1v) is 10.1. The molecular formula is C23H21N3O6. The van der Waals surface area contributed by atoms with E-state index in [1.54, 1.807) is 43.3 Å². The molecule has 0 spiro atoms. The number of nitrogens with zero attached hydrogens (tertiary/aromatic N) is 2. The average Bonchev–Trinajstić information content (AvgIpc) is 2.94. The molecule has 2 aromatic rings. The van der Waals surface area contributed by atoms with Gasteiger partial charge in [-0.25, -0.2) is 4.79 Å². The molecule has 0 saturated heterocycles. The minimum absolute atomic E-state index is 0.0831. The van der Waals surface area contributed by atoms with Crippen molar-refractivity contribution in [1.82, 2.24) is 4.90 Å². The van der Waals surface area contributed by atoms with E-state index in [1.165, 1.54) is 24.0 Å². The Morgan fingerprint density at radius 2 is 1.62 bits per heavy atom. The van der Waals surface area contributed by atoms with Crippen molar-refractivity contribution in [2.45, 2.75) is 32.4 Å². The molecule has 0 saturated carbocycles. The van der Waals surface area contributed by atoms with Gasteiger partial charge >= 0.3 is 5.97 Å². The lowest BCUT2D eigenvalue weighted by molar-refractivity contribution is -0.151. The standard InChI is InChI=1S/C23H21N3O6/c1-13-11-19(27)24-17-9-5-6-10-18(17)25(13)20(28)12-32-23(31)14(2)26-21(29)15-7-3-4-8-16(15)22(26)30/h3-10,13-14H,11-12H2,1-2H3,(H,24,27)/t13-,14-/m0/s1. The van der Waals surface area contributed by atoms with Crippen LogP contribution in [0.4, 0.5) is 11.4 Å². The fourth-order valence-corrected chi connectivity index (χ4v) is 3.96. The fraction of sp³-hybridized carbons (Fsp3) is 0.261. The highest BCUT2D eigenvalue weighted by atomic mass is 16.5. The number of rotatable bonds is 4. The maximum Gasteiger partial charge on any atom is 0.329 e. The zero-order valence-electron chi connectivity index (χ0n) is 17.5. The van der Waals surface area contributed by atoms with E-state index in [4.69, 9.17) is 4.74 Å². The number of carbonyl (C=O) groups is 5. The van der Waals surface area contributed by atoms with Crippen molar-refractivity contribution in [1.29, 1.82) is 0 Å². The first-order valence-electron chi connectivity index (χ1n) is 10.1. The van der Waals surface area contributed by atoms with Gasteiger partial charge in [-0.15, -0.1) is 0 Å². The summed E-state index contributed by atoms with van der Waals surface area (Å²) in [5.41, 5.74) is 1.43. The molecule has 2 heterocycles. The fourth-order valence-electron chi connectivity index (χ4n) is 3.96. The maximum absolute atomic E-state index is 12.9. The number of fused-ring (bicyclic) bond motifs is 2. The van der Waals surface area contributed by atoms with Crippen LogP contribution in [-0.4, -0.2) is 53.2 Å². The molecule has 2 aromatic carbocycles. The Balaban J connectivity index is 1.46. The maximum atomic E-state index is 12.9. The summed E-state index contributed by atoms with van der Waals surface area (Å²) in [6.07, 6.45) is 0.0831. The largest absolute Gasteiger partial charge is 0.454 e. The Kier molecular flexibility index (Phi) is 5.48. The van der Waals surface area contributed by atoms with Gasteiger partial charge in [-0.1, -0.05) is 24.3 Å². The zero-order chi connectivity index (χ0) is 23.0. The predicted octanol–water partition coefficient (Wildman–Crippen LogP) is 1.98. The van der Waals surface area contributed by atoms with Gasteiger partial charge < -0.3 is 15.0 Å². The van der Waals surface area contributed by atoms with Crippen LogP contribution in [0.1, 0.15) is 41.0 Å². The van der Waals surface area contributed by atoms with E-state index >= 15 is 0 Å². The molecule has 9 heteroatoms. The Morgan fingerprint density at radius 3 is 2.28 bits per heavy atom. The Bertz CT molecular complexity index is 1110. The molecule has 32 heavy (non-hydrogen) atoms. The predicted molar refractivity (Wildman–Crippen MR) is 114 cm³/mol. The van der Waals surface area contributed by atoms with Gasteiger partial charge in [-0.05, 0) is 38.1 Å². The van der Waals surface area contributed by atoms with Gasteiger partial charge in [-0.3, -0.25) is 24.1 Å². The molecule has 0 fully saturated rings. The van der Waals surface area contributed by atoms with Crippen molar-refractivity contribution in [3.8, 4) is 0 Å². The molecule has 4 amide bonds. The monoisotopic (exact) mass is 435 g/mol. The molecule has 9 nitrogen and oxygen atoms in total. The number of para-hydroxylation sites is 2. The van der Waals surface area contributed by atoms with Gasteiger partial charge in [0.25, 0.3) is 17.7 Å². The number of ether oxygens (including phenoxy) is 1. The van der Waals surface area contributed by atoms with E-state index in [2.05, 4.69) is 5.32 Å². The van der Waals surface area contributed by atoms with Crippen LogP contribution < -0.4 is 10.2 Å². The van der Waals surface area contributed by atoms with E-state index in [0.717, 1.165) is 4.90 Å². The SMILES string of the molecule is C[C@@H](C(=O)OCC(=O)N1c2ccccc2NC(=O)C[C@@H]1C)N1C(=O)c2ccccc2C1=O. The number of carbonyl (C=O) groups excluding carboxylic acids is 5. The van der Waals surface area contributed by atoms with Gasteiger partial charge in [0, 0.05) is 12.5 Å². The number of nitrogens with one attached hydrogen (secondary N) is 1. The Hall–Kier alpha value is -4.01. The highest BCUT2D eigenvalue weighted by molar-refractivity contribution is 6.22. The second-order valence-electron chi connectivity index (χ2n) is 7.69. The Morgan fingerprint density at radius 1 is 1.03 bits per heavy atom.